The maximum absolute atomic E-state index is 11.0. The summed E-state index contributed by atoms with van der Waals surface area (Å²) in [5.74, 6) is 0.219. The lowest BCUT2D eigenvalue weighted by Gasteiger charge is -2.38. The van der Waals surface area contributed by atoms with Crippen LogP contribution in [0.1, 0.15) is 39.0 Å². The Morgan fingerprint density at radius 3 is 2.62 bits per heavy atom. The van der Waals surface area contributed by atoms with Crippen molar-refractivity contribution in [3.63, 3.8) is 0 Å². The number of hydrogen-bond acceptors (Lipinski definition) is 4. The molecule has 0 aromatic carbocycles. The van der Waals surface area contributed by atoms with Crippen molar-refractivity contribution in [3.8, 4) is 0 Å². The van der Waals surface area contributed by atoms with Gasteiger partial charge in [0.2, 0.25) is 0 Å². The van der Waals surface area contributed by atoms with E-state index >= 15 is 0 Å². The van der Waals surface area contributed by atoms with Gasteiger partial charge in [0, 0.05) is 24.7 Å². The summed E-state index contributed by atoms with van der Waals surface area (Å²) in [7, 11) is -2.87. The Bertz CT molecular complexity index is 307. The molecule has 1 rings (SSSR count). The molecule has 0 aromatic rings. The Balaban J connectivity index is 2.36. The Morgan fingerprint density at radius 2 is 2.12 bits per heavy atom. The molecule has 16 heavy (non-hydrogen) atoms. The largest absolute Gasteiger partial charge is 0.374 e. The third-order valence-electron chi connectivity index (χ3n) is 3.31. The molecule has 0 saturated carbocycles. The van der Waals surface area contributed by atoms with Crippen LogP contribution in [-0.2, 0) is 14.6 Å². The fourth-order valence-electron chi connectivity index (χ4n) is 2.12. The first-order valence-corrected chi connectivity index (χ1v) is 7.97. The van der Waals surface area contributed by atoms with Crippen molar-refractivity contribution in [3.05, 3.63) is 0 Å². The normalized spacial score (nSPS) is 28.9. The minimum Gasteiger partial charge on any atom is -0.374 e. The van der Waals surface area contributed by atoms with Gasteiger partial charge >= 0.3 is 0 Å². The quantitative estimate of drug-likeness (QED) is 0.792. The molecule has 0 aliphatic carbocycles. The van der Waals surface area contributed by atoms with E-state index in [-0.39, 0.29) is 17.4 Å². The highest BCUT2D eigenvalue weighted by Crippen LogP contribution is 2.28. The fraction of sp³-hybridized carbons (Fsp3) is 1.00. The summed E-state index contributed by atoms with van der Waals surface area (Å²) >= 11 is 0. The molecule has 5 heteroatoms. The Kier molecular flexibility index (Phi) is 4.76. The first-order chi connectivity index (χ1) is 7.33. The summed E-state index contributed by atoms with van der Waals surface area (Å²) in [4.78, 5) is 0. The van der Waals surface area contributed by atoms with Gasteiger partial charge in [-0.2, -0.15) is 0 Å². The zero-order valence-corrected chi connectivity index (χ0v) is 11.1. The summed E-state index contributed by atoms with van der Waals surface area (Å²) in [6, 6.07) is -0.0606. The monoisotopic (exact) mass is 249 g/mol. The molecule has 0 radical (unpaired) electrons. The molecule has 1 aliphatic rings. The lowest BCUT2D eigenvalue weighted by atomic mass is 9.86. The van der Waals surface area contributed by atoms with Crippen molar-refractivity contribution < 1.29 is 13.2 Å². The number of sulfone groups is 1. The van der Waals surface area contributed by atoms with Crippen LogP contribution in [-0.4, -0.2) is 38.7 Å². The predicted molar refractivity (Wildman–Crippen MR) is 65.1 cm³/mol. The highest BCUT2D eigenvalue weighted by Gasteiger charge is 2.34. The van der Waals surface area contributed by atoms with Gasteiger partial charge in [0.15, 0.2) is 0 Å². The third kappa shape index (κ3) is 4.39. The minimum atomic E-state index is -2.87. The first-order valence-electron chi connectivity index (χ1n) is 5.91. The predicted octanol–water partition coefficient (Wildman–Crippen LogP) is 1.10. The summed E-state index contributed by atoms with van der Waals surface area (Å²) in [6.45, 7) is 2.81. The van der Waals surface area contributed by atoms with Gasteiger partial charge in [-0.05, 0) is 39.0 Å². The second-order valence-corrected chi connectivity index (χ2v) is 7.26. The Hall–Kier alpha value is -0.130. The Morgan fingerprint density at radius 1 is 1.44 bits per heavy atom. The van der Waals surface area contributed by atoms with E-state index in [4.69, 9.17) is 10.5 Å². The van der Waals surface area contributed by atoms with E-state index in [0.717, 1.165) is 25.9 Å². The van der Waals surface area contributed by atoms with Crippen molar-refractivity contribution >= 4 is 9.84 Å². The number of rotatable bonds is 5. The fourth-order valence-corrected chi connectivity index (χ4v) is 2.81. The van der Waals surface area contributed by atoms with Crippen LogP contribution in [0.25, 0.3) is 0 Å². The van der Waals surface area contributed by atoms with E-state index < -0.39 is 9.84 Å². The van der Waals surface area contributed by atoms with Crippen molar-refractivity contribution in [1.29, 1.82) is 0 Å². The molecule has 4 nitrogen and oxygen atoms in total. The smallest absolute Gasteiger partial charge is 0.147 e. The topological polar surface area (TPSA) is 69.4 Å². The average Bonchev–Trinajstić information content (AvgIpc) is 2.16. The molecule has 0 spiro atoms. The van der Waals surface area contributed by atoms with Crippen molar-refractivity contribution in [1.82, 2.24) is 0 Å². The second kappa shape index (κ2) is 5.47. The molecule has 2 atom stereocenters. The minimum absolute atomic E-state index is 0.0606. The van der Waals surface area contributed by atoms with Gasteiger partial charge < -0.3 is 10.5 Å². The van der Waals surface area contributed by atoms with Gasteiger partial charge in [-0.1, -0.05) is 0 Å². The van der Waals surface area contributed by atoms with Gasteiger partial charge in [0.25, 0.3) is 0 Å². The summed E-state index contributed by atoms with van der Waals surface area (Å²) < 4.78 is 27.7. The van der Waals surface area contributed by atoms with E-state index in [0.29, 0.717) is 12.8 Å². The molecule has 0 aromatic heterocycles. The standard InChI is InChI=1S/C11H23NO3S/c1-11(7-3-4-8-15-11)10(12)6-5-9-16(2,13)14/h10H,3-9,12H2,1-2H3. The molecule has 1 fully saturated rings. The summed E-state index contributed by atoms with van der Waals surface area (Å²) in [6.07, 6.45) is 5.83. The molecule has 0 bridgehead atoms. The highest BCUT2D eigenvalue weighted by atomic mass is 32.2. The van der Waals surface area contributed by atoms with Crippen LogP contribution in [0.2, 0.25) is 0 Å². The van der Waals surface area contributed by atoms with E-state index in [1.165, 1.54) is 6.26 Å². The Labute approximate surface area is 98.5 Å². The van der Waals surface area contributed by atoms with Gasteiger partial charge in [-0.15, -0.1) is 0 Å². The molecule has 96 valence electrons. The number of hydrogen-bond donors (Lipinski definition) is 1. The molecule has 0 amide bonds. The zero-order valence-electron chi connectivity index (χ0n) is 10.2. The van der Waals surface area contributed by atoms with Crippen molar-refractivity contribution in [2.45, 2.75) is 50.7 Å². The highest BCUT2D eigenvalue weighted by molar-refractivity contribution is 7.90. The molecule has 1 aliphatic heterocycles. The van der Waals surface area contributed by atoms with Gasteiger partial charge in [-0.25, -0.2) is 8.42 Å². The molecular weight excluding hydrogens is 226 g/mol. The number of ether oxygens (including phenoxy) is 1. The van der Waals surface area contributed by atoms with Crippen LogP contribution >= 0.6 is 0 Å². The summed E-state index contributed by atoms with van der Waals surface area (Å²) in [5, 5.41) is 0. The van der Waals surface area contributed by atoms with Gasteiger partial charge in [0.05, 0.1) is 5.60 Å². The van der Waals surface area contributed by atoms with Crippen LogP contribution in [0, 0.1) is 0 Å². The van der Waals surface area contributed by atoms with Crippen LogP contribution in [0.15, 0.2) is 0 Å². The van der Waals surface area contributed by atoms with Crippen LogP contribution in [0.3, 0.4) is 0 Å². The SMILES string of the molecule is CC1(C(N)CCCS(C)(=O)=O)CCCCO1. The van der Waals surface area contributed by atoms with Crippen molar-refractivity contribution in [2.24, 2.45) is 5.73 Å². The van der Waals surface area contributed by atoms with Crippen LogP contribution < -0.4 is 5.73 Å². The molecular formula is C11H23NO3S. The van der Waals surface area contributed by atoms with Gasteiger partial charge in [0.1, 0.15) is 9.84 Å². The zero-order chi connectivity index (χ0) is 12.2. The molecule has 2 unspecified atom stereocenters. The lowest BCUT2D eigenvalue weighted by Crippen LogP contribution is -2.49. The summed E-state index contributed by atoms with van der Waals surface area (Å²) in [5.41, 5.74) is 5.84. The first kappa shape index (κ1) is 13.9. The molecule has 1 saturated heterocycles. The average molecular weight is 249 g/mol. The van der Waals surface area contributed by atoms with Crippen LogP contribution in [0.5, 0.6) is 0 Å². The van der Waals surface area contributed by atoms with E-state index in [9.17, 15) is 8.42 Å². The van der Waals surface area contributed by atoms with Crippen molar-refractivity contribution in [2.75, 3.05) is 18.6 Å². The van der Waals surface area contributed by atoms with E-state index in [1.54, 1.807) is 0 Å². The lowest BCUT2D eigenvalue weighted by molar-refractivity contribution is -0.0824. The van der Waals surface area contributed by atoms with E-state index in [2.05, 4.69) is 0 Å². The maximum Gasteiger partial charge on any atom is 0.147 e. The van der Waals surface area contributed by atoms with Crippen LogP contribution in [0.4, 0.5) is 0 Å². The van der Waals surface area contributed by atoms with Gasteiger partial charge in [-0.3, -0.25) is 0 Å². The second-order valence-electron chi connectivity index (χ2n) is 5.00. The maximum atomic E-state index is 11.0. The molecule has 2 N–H and O–H groups in total. The molecule has 1 heterocycles. The van der Waals surface area contributed by atoms with E-state index in [1.807, 2.05) is 6.92 Å². The number of nitrogens with two attached hydrogens (primary N) is 1. The third-order valence-corrected chi connectivity index (χ3v) is 4.34.